The van der Waals surface area contributed by atoms with Crippen molar-refractivity contribution in [3.8, 4) is 5.75 Å². The van der Waals surface area contributed by atoms with Gasteiger partial charge in [0.25, 0.3) is 0 Å². The molecule has 1 aromatic carbocycles. The highest BCUT2D eigenvalue weighted by molar-refractivity contribution is 6.30. The van der Waals surface area contributed by atoms with Gasteiger partial charge in [-0.05, 0) is 38.5 Å². The second-order valence-corrected chi connectivity index (χ2v) is 5.74. The largest absolute Gasteiger partial charge is 0.496 e. The second kappa shape index (κ2) is 6.26. The van der Waals surface area contributed by atoms with E-state index in [-0.39, 0.29) is 0 Å². The average Bonchev–Trinajstić information content (AvgIpc) is 2.29. The average molecular weight is 286 g/mol. The van der Waals surface area contributed by atoms with Crippen LogP contribution >= 0.6 is 11.6 Å². The second-order valence-electron chi connectivity index (χ2n) is 5.30. The summed E-state index contributed by atoms with van der Waals surface area (Å²) >= 11 is 5.88. The number of benzene rings is 1. The van der Waals surface area contributed by atoms with Crippen molar-refractivity contribution in [3.05, 3.63) is 28.8 Å². The molecule has 2 N–H and O–H groups in total. The highest BCUT2D eigenvalue weighted by Gasteiger charge is 2.23. The molecule has 0 aromatic heterocycles. The Morgan fingerprint density at radius 3 is 2.58 bits per heavy atom. The molecule has 19 heavy (non-hydrogen) atoms. The standard InChI is InChI=1S/C14H20ClNO3/c1-14(2,3)19-13(17)11(16)7-9-5-6-10(15)8-12(9)18-4/h5-6,8,11H,7,16H2,1-4H3. The van der Waals surface area contributed by atoms with E-state index in [1.165, 1.54) is 0 Å². The van der Waals surface area contributed by atoms with Crippen LogP contribution in [0, 0.1) is 0 Å². The minimum atomic E-state index is -0.727. The zero-order chi connectivity index (χ0) is 14.6. The molecule has 0 bridgehead atoms. The molecule has 0 saturated carbocycles. The smallest absolute Gasteiger partial charge is 0.323 e. The lowest BCUT2D eigenvalue weighted by Gasteiger charge is -2.22. The van der Waals surface area contributed by atoms with Crippen LogP contribution in [0.15, 0.2) is 18.2 Å². The summed E-state index contributed by atoms with van der Waals surface area (Å²) in [5.74, 6) is 0.191. The van der Waals surface area contributed by atoms with Crippen LogP contribution in [0.3, 0.4) is 0 Å². The van der Waals surface area contributed by atoms with Crippen molar-refractivity contribution in [2.24, 2.45) is 5.73 Å². The first kappa shape index (κ1) is 15.8. The van der Waals surface area contributed by atoms with Crippen LogP contribution in [0.5, 0.6) is 5.75 Å². The summed E-state index contributed by atoms with van der Waals surface area (Å²) in [6, 6.07) is 4.50. The van der Waals surface area contributed by atoms with E-state index in [0.717, 1.165) is 5.56 Å². The summed E-state index contributed by atoms with van der Waals surface area (Å²) in [5, 5.41) is 0.575. The first-order valence-corrected chi connectivity index (χ1v) is 6.41. The Kier molecular flexibility index (Phi) is 5.20. The molecule has 5 heteroatoms. The van der Waals surface area contributed by atoms with E-state index >= 15 is 0 Å². The maximum atomic E-state index is 11.8. The van der Waals surface area contributed by atoms with E-state index in [1.54, 1.807) is 46.1 Å². The molecule has 0 heterocycles. The fraction of sp³-hybridized carbons (Fsp3) is 0.500. The van der Waals surface area contributed by atoms with Gasteiger partial charge in [-0.3, -0.25) is 4.79 Å². The van der Waals surface area contributed by atoms with Crippen LogP contribution < -0.4 is 10.5 Å². The van der Waals surface area contributed by atoms with Gasteiger partial charge in [0.2, 0.25) is 0 Å². The van der Waals surface area contributed by atoms with Gasteiger partial charge in [-0.15, -0.1) is 0 Å². The van der Waals surface area contributed by atoms with Crippen molar-refractivity contribution < 1.29 is 14.3 Å². The SMILES string of the molecule is COc1cc(Cl)ccc1CC(N)C(=O)OC(C)(C)C. The zero-order valence-electron chi connectivity index (χ0n) is 11.7. The lowest BCUT2D eigenvalue weighted by molar-refractivity contribution is -0.156. The molecular weight excluding hydrogens is 266 g/mol. The molecule has 0 amide bonds. The molecule has 106 valence electrons. The number of rotatable bonds is 4. The van der Waals surface area contributed by atoms with Crippen LogP contribution in [0.4, 0.5) is 0 Å². The van der Waals surface area contributed by atoms with Gasteiger partial charge < -0.3 is 15.2 Å². The van der Waals surface area contributed by atoms with Crippen molar-refractivity contribution in [3.63, 3.8) is 0 Å². The Hall–Kier alpha value is -1.26. The Bertz CT molecular complexity index is 454. The lowest BCUT2D eigenvalue weighted by atomic mass is 10.1. The number of carbonyl (C=O) groups is 1. The predicted octanol–water partition coefficient (Wildman–Crippen LogP) is 2.56. The molecule has 0 aliphatic heterocycles. The van der Waals surface area contributed by atoms with Crippen LogP contribution in [0.1, 0.15) is 26.3 Å². The number of carbonyl (C=O) groups excluding carboxylic acids is 1. The lowest BCUT2D eigenvalue weighted by Crippen LogP contribution is -2.38. The van der Waals surface area contributed by atoms with Gasteiger partial charge in [0.15, 0.2) is 0 Å². The minimum Gasteiger partial charge on any atom is -0.496 e. The van der Waals surface area contributed by atoms with Crippen molar-refractivity contribution >= 4 is 17.6 Å². The minimum absolute atomic E-state index is 0.343. The van der Waals surface area contributed by atoms with Crippen LogP contribution in [0.25, 0.3) is 0 Å². The third kappa shape index (κ3) is 5.09. The normalized spacial score (nSPS) is 12.9. The Labute approximate surface area is 118 Å². The fourth-order valence-electron chi connectivity index (χ4n) is 1.58. The molecule has 1 atom stereocenters. The van der Waals surface area contributed by atoms with Gasteiger partial charge in [0.05, 0.1) is 7.11 Å². The van der Waals surface area contributed by atoms with Crippen molar-refractivity contribution in [2.75, 3.05) is 7.11 Å². The van der Waals surface area contributed by atoms with E-state index in [2.05, 4.69) is 0 Å². The molecule has 0 spiro atoms. The molecule has 0 radical (unpaired) electrons. The highest BCUT2D eigenvalue weighted by Crippen LogP contribution is 2.24. The first-order chi connectivity index (χ1) is 8.73. The quantitative estimate of drug-likeness (QED) is 0.864. The van der Waals surface area contributed by atoms with Crippen molar-refractivity contribution in [2.45, 2.75) is 38.8 Å². The summed E-state index contributed by atoms with van der Waals surface area (Å²) in [6.07, 6.45) is 0.343. The Balaban J connectivity index is 2.76. The molecule has 1 unspecified atom stereocenters. The number of halogens is 1. The van der Waals surface area contributed by atoms with Crippen LogP contribution in [-0.4, -0.2) is 24.7 Å². The monoisotopic (exact) mass is 285 g/mol. The molecule has 0 fully saturated rings. The fourth-order valence-corrected chi connectivity index (χ4v) is 1.75. The number of hydrogen-bond acceptors (Lipinski definition) is 4. The number of ether oxygens (including phenoxy) is 2. The Morgan fingerprint density at radius 2 is 2.05 bits per heavy atom. The molecule has 0 saturated heterocycles. The number of nitrogens with two attached hydrogens (primary N) is 1. The van der Waals surface area contributed by atoms with E-state index < -0.39 is 17.6 Å². The van der Waals surface area contributed by atoms with Gasteiger partial charge in [-0.2, -0.15) is 0 Å². The van der Waals surface area contributed by atoms with Crippen molar-refractivity contribution in [1.29, 1.82) is 0 Å². The maximum absolute atomic E-state index is 11.8. The number of hydrogen-bond donors (Lipinski definition) is 1. The molecule has 1 aromatic rings. The van der Waals surface area contributed by atoms with Crippen LogP contribution in [-0.2, 0) is 16.0 Å². The van der Waals surface area contributed by atoms with Gasteiger partial charge in [-0.1, -0.05) is 17.7 Å². The molecule has 0 aliphatic rings. The molecule has 4 nitrogen and oxygen atoms in total. The predicted molar refractivity (Wildman–Crippen MR) is 75.5 cm³/mol. The van der Waals surface area contributed by atoms with Gasteiger partial charge in [0.1, 0.15) is 17.4 Å². The van der Waals surface area contributed by atoms with Crippen LogP contribution in [0.2, 0.25) is 5.02 Å². The van der Waals surface area contributed by atoms with Gasteiger partial charge >= 0.3 is 5.97 Å². The molecule has 0 aliphatic carbocycles. The summed E-state index contributed by atoms with van der Waals surface area (Å²) in [6.45, 7) is 5.42. The van der Waals surface area contributed by atoms with Gasteiger partial charge in [-0.25, -0.2) is 0 Å². The Morgan fingerprint density at radius 1 is 1.42 bits per heavy atom. The summed E-state index contributed by atoms with van der Waals surface area (Å²) in [7, 11) is 1.55. The van der Waals surface area contributed by atoms with Gasteiger partial charge in [0, 0.05) is 11.4 Å². The van der Waals surface area contributed by atoms with E-state index in [0.29, 0.717) is 17.2 Å². The number of esters is 1. The highest BCUT2D eigenvalue weighted by atomic mass is 35.5. The number of methoxy groups -OCH3 is 1. The summed E-state index contributed by atoms with van der Waals surface area (Å²) < 4.78 is 10.5. The van der Waals surface area contributed by atoms with E-state index in [1.807, 2.05) is 0 Å². The third-order valence-electron chi connectivity index (χ3n) is 2.40. The summed E-state index contributed by atoms with van der Waals surface area (Å²) in [5.41, 5.74) is 6.14. The van der Waals surface area contributed by atoms with E-state index in [4.69, 9.17) is 26.8 Å². The maximum Gasteiger partial charge on any atom is 0.323 e. The summed E-state index contributed by atoms with van der Waals surface area (Å²) in [4.78, 5) is 11.8. The first-order valence-electron chi connectivity index (χ1n) is 6.04. The molecule has 1 rings (SSSR count). The van der Waals surface area contributed by atoms with E-state index in [9.17, 15) is 4.79 Å². The third-order valence-corrected chi connectivity index (χ3v) is 2.63. The molecular formula is C14H20ClNO3. The zero-order valence-corrected chi connectivity index (χ0v) is 12.5. The van der Waals surface area contributed by atoms with Crippen molar-refractivity contribution in [1.82, 2.24) is 0 Å². The topological polar surface area (TPSA) is 61.5 Å².